The van der Waals surface area contributed by atoms with Crippen molar-refractivity contribution in [3.63, 3.8) is 0 Å². The van der Waals surface area contributed by atoms with E-state index in [2.05, 4.69) is 0 Å². The fourth-order valence-corrected chi connectivity index (χ4v) is 4.52. The Kier molecular flexibility index (Phi) is 3.69. The summed E-state index contributed by atoms with van der Waals surface area (Å²) in [6, 6.07) is 12.7. The lowest BCUT2D eigenvalue weighted by Crippen LogP contribution is -2.46. The maximum Gasteiger partial charge on any atom is 0.388 e. The Morgan fingerprint density at radius 1 is 1.05 bits per heavy atom. The molecule has 0 bridgehead atoms. The number of benzene rings is 2. The normalized spacial score (nSPS) is 15.4. The molecule has 19 heavy (non-hydrogen) atoms. The lowest BCUT2D eigenvalue weighted by atomic mass is 10.1. The molecular weight excluding hydrogens is 269 g/mol. The average molecular weight is 284 g/mol. The summed E-state index contributed by atoms with van der Waals surface area (Å²) in [7, 11) is -3.07. The van der Waals surface area contributed by atoms with Gasteiger partial charge in [0.2, 0.25) is 8.32 Å². The molecule has 0 saturated heterocycles. The van der Waals surface area contributed by atoms with E-state index in [4.69, 9.17) is 0 Å². The molecule has 0 heterocycles. The molecule has 0 aliphatic heterocycles. The third-order valence-corrected chi connectivity index (χ3v) is 6.09. The van der Waals surface area contributed by atoms with Gasteiger partial charge in [-0.2, -0.15) is 13.2 Å². The van der Waals surface area contributed by atoms with Crippen molar-refractivity contribution in [3.05, 3.63) is 42.5 Å². The molecule has 5 heteroatoms. The fraction of sp³-hybridized carbons (Fsp3) is 0.286. The van der Waals surface area contributed by atoms with Crippen molar-refractivity contribution < 1.29 is 18.0 Å². The van der Waals surface area contributed by atoms with Crippen LogP contribution in [0, 0.1) is 0 Å². The first kappa shape index (κ1) is 14.1. The number of alkyl halides is 3. The standard InChI is InChI=1S/C14H15F3OSi/c1-19(18,10-9-14(15,16)17)13-8-4-6-11-5-2-3-7-12(11)13/h2-8,18H,9-10H2,1H3. The van der Waals surface area contributed by atoms with Crippen molar-refractivity contribution in [2.75, 3.05) is 0 Å². The van der Waals surface area contributed by atoms with Crippen molar-refractivity contribution in [2.45, 2.75) is 25.2 Å². The first-order valence-corrected chi connectivity index (χ1v) is 8.72. The Balaban J connectivity index is 2.37. The molecule has 0 aliphatic carbocycles. The summed E-state index contributed by atoms with van der Waals surface area (Å²) < 4.78 is 37.0. The van der Waals surface area contributed by atoms with E-state index >= 15 is 0 Å². The van der Waals surface area contributed by atoms with E-state index in [1.807, 2.05) is 30.3 Å². The summed E-state index contributed by atoms with van der Waals surface area (Å²) >= 11 is 0. The topological polar surface area (TPSA) is 20.2 Å². The van der Waals surface area contributed by atoms with E-state index in [-0.39, 0.29) is 6.04 Å². The first-order chi connectivity index (χ1) is 8.80. The van der Waals surface area contributed by atoms with Gasteiger partial charge in [0.15, 0.2) is 0 Å². The Morgan fingerprint density at radius 2 is 1.68 bits per heavy atom. The van der Waals surface area contributed by atoms with Gasteiger partial charge in [-0.05, 0) is 28.6 Å². The number of rotatable bonds is 3. The van der Waals surface area contributed by atoms with E-state index in [1.165, 1.54) is 0 Å². The zero-order valence-electron chi connectivity index (χ0n) is 10.5. The van der Waals surface area contributed by atoms with E-state index in [1.54, 1.807) is 18.7 Å². The van der Waals surface area contributed by atoms with Crippen LogP contribution < -0.4 is 5.19 Å². The molecule has 0 saturated carbocycles. The van der Waals surface area contributed by atoms with Crippen LogP contribution in [0.3, 0.4) is 0 Å². The van der Waals surface area contributed by atoms with E-state index in [9.17, 15) is 18.0 Å². The molecule has 0 aliphatic rings. The number of fused-ring (bicyclic) bond motifs is 1. The quantitative estimate of drug-likeness (QED) is 0.854. The average Bonchev–Trinajstić information content (AvgIpc) is 2.35. The van der Waals surface area contributed by atoms with Crippen molar-refractivity contribution in [1.82, 2.24) is 0 Å². The molecule has 1 N–H and O–H groups in total. The van der Waals surface area contributed by atoms with Crippen molar-refractivity contribution >= 4 is 24.3 Å². The van der Waals surface area contributed by atoms with Gasteiger partial charge < -0.3 is 4.80 Å². The van der Waals surface area contributed by atoms with Crippen LogP contribution in [0.5, 0.6) is 0 Å². The first-order valence-electron chi connectivity index (χ1n) is 6.07. The largest absolute Gasteiger partial charge is 0.428 e. The molecular formula is C14H15F3OSi. The Hall–Kier alpha value is -1.33. The molecule has 1 nitrogen and oxygen atoms in total. The molecule has 1 atom stereocenters. The zero-order chi connectivity index (χ0) is 14.1. The van der Waals surface area contributed by atoms with Gasteiger partial charge in [-0.25, -0.2) is 0 Å². The number of hydrogen-bond donors (Lipinski definition) is 1. The van der Waals surface area contributed by atoms with Crippen LogP contribution in [-0.4, -0.2) is 19.3 Å². The van der Waals surface area contributed by atoms with Gasteiger partial charge in [0.25, 0.3) is 0 Å². The second kappa shape index (κ2) is 4.98. The van der Waals surface area contributed by atoms with Crippen LogP contribution in [0.4, 0.5) is 13.2 Å². The second-order valence-corrected chi connectivity index (χ2v) is 8.50. The SMILES string of the molecule is C[Si](O)(CCC(F)(F)F)c1cccc2ccccc12. The molecule has 0 aromatic heterocycles. The third kappa shape index (κ3) is 3.36. The van der Waals surface area contributed by atoms with Crippen molar-refractivity contribution in [2.24, 2.45) is 0 Å². The van der Waals surface area contributed by atoms with Crippen LogP contribution in [0.2, 0.25) is 12.6 Å². The Morgan fingerprint density at radius 3 is 2.37 bits per heavy atom. The maximum absolute atomic E-state index is 12.3. The highest BCUT2D eigenvalue weighted by Gasteiger charge is 2.35. The van der Waals surface area contributed by atoms with E-state index < -0.39 is 20.9 Å². The smallest absolute Gasteiger partial charge is 0.388 e. The minimum atomic E-state index is -4.22. The Bertz CT molecular complexity index is 573. The van der Waals surface area contributed by atoms with Crippen LogP contribution in [-0.2, 0) is 0 Å². The highest BCUT2D eigenvalue weighted by atomic mass is 28.4. The van der Waals surface area contributed by atoms with Crippen LogP contribution in [0.25, 0.3) is 10.8 Å². The number of hydrogen-bond acceptors (Lipinski definition) is 1. The van der Waals surface area contributed by atoms with Crippen LogP contribution in [0.1, 0.15) is 6.42 Å². The molecule has 0 amide bonds. The molecule has 0 radical (unpaired) electrons. The number of halogens is 3. The van der Waals surface area contributed by atoms with Gasteiger partial charge in [0.05, 0.1) is 0 Å². The summed E-state index contributed by atoms with van der Waals surface area (Å²) in [4.78, 5) is 10.5. The zero-order valence-corrected chi connectivity index (χ0v) is 11.5. The Labute approximate surface area is 110 Å². The predicted molar refractivity (Wildman–Crippen MR) is 72.9 cm³/mol. The molecule has 102 valence electrons. The fourth-order valence-electron chi connectivity index (χ4n) is 2.21. The molecule has 2 rings (SSSR count). The lowest BCUT2D eigenvalue weighted by molar-refractivity contribution is -0.131. The van der Waals surface area contributed by atoms with Gasteiger partial charge in [0, 0.05) is 6.42 Å². The van der Waals surface area contributed by atoms with Crippen LogP contribution >= 0.6 is 0 Å². The molecule has 2 aromatic carbocycles. The van der Waals surface area contributed by atoms with Crippen molar-refractivity contribution in [1.29, 1.82) is 0 Å². The predicted octanol–water partition coefficient (Wildman–Crippen LogP) is 3.57. The summed E-state index contributed by atoms with van der Waals surface area (Å²) in [5.74, 6) is 0. The third-order valence-electron chi connectivity index (χ3n) is 3.27. The van der Waals surface area contributed by atoms with Gasteiger partial charge in [-0.15, -0.1) is 0 Å². The lowest BCUT2D eigenvalue weighted by Gasteiger charge is -2.23. The minimum Gasteiger partial charge on any atom is -0.428 e. The van der Waals surface area contributed by atoms with Crippen molar-refractivity contribution in [3.8, 4) is 0 Å². The van der Waals surface area contributed by atoms with E-state index in [0.29, 0.717) is 5.19 Å². The summed E-state index contributed by atoms with van der Waals surface area (Å²) in [6.07, 6.45) is -5.16. The molecule has 1 unspecified atom stereocenters. The highest BCUT2D eigenvalue weighted by molar-refractivity contribution is 6.86. The van der Waals surface area contributed by atoms with Gasteiger partial charge in [0.1, 0.15) is 0 Å². The minimum absolute atomic E-state index is 0.204. The highest BCUT2D eigenvalue weighted by Crippen LogP contribution is 2.26. The van der Waals surface area contributed by atoms with Crippen LogP contribution in [0.15, 0.2) is 42.5 Å². The molecule has 0 fully saturated rings. The second-order valence-electron chi connectivity index (χ2n) is 4.92. The molecule has 2 aromatic rings. The van der Waals surface area contributed by atoms with E-state index in [0.717, 1.165) is 10.8 Å². The van der Waals surface area contributed by atoms with Gasteiger partial charge >= 0.3 is 6.18 Å². The monoisotopic (exact) mass is 284 g/mol. The van der Waals surface area contributed by atoms with Gasteiger partial charge in [-0.3, -0.25) is 0 Å². The maximum atomic E-state index is 12.3. The molecule has 0 spiro atoms. The van der Waals surface area contributed by atoms with Gasteiger partial charge in [-0.1, -0.05) is 42.5 Å². The summed E-state index contributed by atoms with van der Waals surface area (Å²) in [5, 5.41) is 2.47. The summed E-state index contributed by atoms with van der Waals surface area (Å²) in [5.41, 5.74) is 0. The summed E-state index contributed by atoms with van der Waals surface area (Å²) in [6.45, 7) is 1.57.